The van der Waals surface area contributed by atoms with Gasteiger partial charge < -0.3 is 26.7 Å². The zero-order valence-electron chi connectivity index (χ0n) is 16.6. The molecule has 1 aliphatic rings. The summed E-state index contributed by atoms with van der Waals surface area (Å²) in [6.45, 7) is 0. The van der Waals surface area contributed by atoms with Crippen molar-refractivity contribution in [3.05, 3.63) is 47.7 Å². The molecule has 3 aromatic rings. The molecule has 0 aliphatic heterocycles. The summed E-state index contributed by atoms with van der Waals surface area (Å²) < 4.78 is 29.9. The second kappa shape index (κ2) is 7.91. The van der Waals surface area contributed by atoms with Gasteiger partial charge in [0.2, 0.25) is 0 Å². The monoisotopic (exact) mass is 414 g/mol. The van der Waals surface area contributed by atoms with Crippen LogP contribution in [0, 0.1) is 11.8 Å². The smallest absolute Gasteiger partial charge is 0.252 e. The van der Waals surface area contributed by atoms with Crippen LogP contribution < -0.4 is 22.1 Å². The van der Waals surface area contributed by atoms with Crippen LogP contribution >= 0.6 is 0 Å². The lowest BCUT2D eigenvalue weighted by Crippen LogP contribution is -2.43. The number of carbonyl (C=O) groups excluding carboxylic acids is 1. The molecule has 2 atom stereocenters. The molecule has 7 nitrogen and oxygen atoms in total. The second-order valence-electron chi connectivity index (χ2n) is 7.70. The van der Waals surface area contributed by atoms with Crippen LogP contribution in [0.3, 0.4) is 0 Å². The minimum atomic E-state index is -0.809. The Kier molecular flexibility index (Phi) is 5.29. The standard InChI is InChI=1S/C21H24F2N6O/c1-29-17-7-6-12(8-11(17)9-18(29)23)26-20-13(19(25)30)10-14(22)21(28-20)27-16-5-3-2-4-15(16)24/h6-10,15-16H,2-5,24H2,1H3,(H2,25,30)(H2,26,27,28). The summed E-state index contributed by atoms with van der Waals surface area (Å²) in [5.41, 5.74) is 12.8. The van der Waals surface area contributed by atoms with E-state index in [4.69, 9.17) is 11.5 Å². The summed E-state index contributed by atoms with van der Waals surface area (Å²) in [7, 11) is 1.63. The van der Waals surface area contributed by atoms with E-state index in [9.17, 15) is 13.6 Å². The van der Waals surface area contributed by atoms with Crippen molar-refractivity contribution in [2.75, 3.05) is 10.6 Å². The van der Waals surface area contributed by atoms with E-state index in [2.05, 4.69) is 15.6 Å². The molecule has 1 aliphatic carbocycles. The quantitative estimate of drug-likeness (QED) is 0.512. The van der Waals surface area contributed by atoms with E-state index in [0.29, 0.717) is 16.6 Å². The molecular weight excluding hydrogens is 390 g/mol. The van der Waals surface area contributed by atoms with Crippen LogP contribution in [0.25, 0.3) is 10.9 Å². The highest BCUT2D eigenvalue weighted by molar-refractivity contribution is 5.99. The van der Waals surface area contributed by atoms with Crippen molar-refractivity contribution >= 4 is 34.1 Å². The Balaban J connectivity index is 1.67. The zero-order chi connectivity index (χ0) is 21.4. The van der Waals surface area contributed by atoms with Crippen molar-refractivity contribution in [1.29, 1.82) is 0 Å². The Hall–Kier alpha value is -3.20. The molecule has 2 aromatic heterocycles. The summed E-state index contributed by atoms with van der Waals surface area (Å²) >= 11 is 0. The highest BCUT2D eigenvalue weighted by atomic mass is 19.1. The first-order chi connectivity index (χ1) is 14.3. The number of carbonyl (C=O) groups is 1. The van der Waals surface area contributed by atoms with Crippen molar-refractivity contribution in [1.82, 2.24) is 9.55 Å². The molecule has 0 saturated heterocycles. The van der Waals surface area contributed by atoms with E-state index in [1.165, 1.54) is 10.6 Å². The molecule has 0 bridgehead atoms. The van der Waals surface area contributed by atoms with Crippen LogP contribution in [-0.4, -0.2) is 27.5 Å². The number of nitrogens with two attached hydrogens (primary N) is 2. The molecular formula is C21H24F2N6O. The number of nitrogens with one attached hydrogen (secondary N) is 2. The number of anilines is 3. The van der Waals surface area contributed by atoms with Gasteiger partial charge in [-0.3, -0.25) is 4.79 Å². The van der Waals surface area contributed by atoms with Gasteiger partial charge in [0, 0.05) is 36.3 Å². The van der Waals surface area contributed by atoms with Gasteiger partial charge in [-0.25, -0.2) is 9.37 Å². The van der Waals surface area contributed by atoms with E-state index >= 15 is 0 Å². The van der Waals surface area contributed by atoms with Gasteiger partial charge >= 0.3 is 0 Å². The lowest BCUT2D eigenvalue weighted by atomic mass is 9.91. The molecule has 0 spiro atoms. The van der Waals surface area contributed by atoms with Crippen molar-refractivity contribution in [2.45, 2.75) is 37.8 Å². The molecule has 1 fully saturated rings. The van der Waals surface area contributed by atoms with Gasteiger partial charge in [0.25, 0.3) is 5.91 Å². The van der Waals surface area contributed by atoms with Gasteiger partial charge in [-0.1, -0.05) is 12.8 Å². The van der Waals surface area contributed by atoms with Crippen LogP contribution in [-0.2, 0) is 7.05 Å². The Morgan fingerprint density at radius 3 is 2.67 bits per heavy atom. The number of primary amides is 1. The first-order valence-electron chi connectivity index (χ1n) is 9.88. The SMILES string of the molecule is Cn1c(F)cc2cc(Nc3nc(NC4CCCCC4N)c(F)cc3C(N)=O)ccc21. The van der Waals surface area contributed by atoms with Gasteiger partial charge in [0.05, 0.1) is 11.1 Å². The lowest BCUT2D eigenvalue weighted by molar-refractivity contribution is 0.100. The van der Waals surface area contributed by atoms with Crippen LogP contribution in [0.2, 0.25) is 0 Å². The number of benzene rings is 1. The summed E-state index contributed by atoms with van der Waals surface area (Å²) in [6, 6.07) is 7.47. The largest absolute Gasteiger partial charge is 0.365 e. The molecule has 1 aromatic carbocycles. The van der Waals surface area contributed by atoms with Gasteiger partial charge in [0.15, 0.2) is 17.6 Å². The number of aryl methyl sites for hydroxylation is 1. The predicted molar refractivity (Wildman–Crippen MR) is 113 cm³/mol. The van der Waals surface area contributed by atoms with Gasteiger partial charge in [-0.2, -0.15) is 4.39 Å². The van der Waals surface area contributed by atoms with E-state index in [0.717, 1.165) is 31.7 Å². The lowest BCUT2D eigenvalue weighted by Gasteiger charge is -2.30. The second-order valence-corrected chi connectivity index (χ2v) is 7.70. The molecule has 2 heterocycles. The maximum absolute atomic E-state index is 14.6. The minimum Gasteiger partial charge on any atom is -0.365 e. The third-order valence-corrected chi connectivity index (χ3v) is 5.63. The molecule has 1 amide bonds. The molecule has 4 rings (SSSR count). The number of pyridine rings is 1. The fourth-order valence-electron chi connectivity index (χ4n) is 3.92. The van der Waals surface area contributed by atoms with Gasteiger partial charge in [-0.05, 0) is 37.1 Å². The van der Waals surface area contributed by atoms with E-state index < -0.39 is 11.7 Å². The number of fused-ring (bicyclic) bond motifs is 1. The summed E-state index contributed by atoms with van der Waals surface area (Å²) in [4.78, 5) is 16.1. The molecule has 2 unspecified atom stereocenters. The van der Waals surface area contributed by atoms with Crippen LogP contribution in [0.15, 0.2) is 30.3 Å². The van der Waals surface area contributed by atoms with Crippen molar-refractivity contribution in [2.24, 2.45) is 18.5 Å². The van der Waals surface area contributed by atoms with Crippen molar-refractivity contribution in [3.63, 3.8) is 0 Å². The Bertz CT molecular complexity index is 1110. The third-order valence-electron chi connectivity index (χ3n) is 5.63. The first kappa shape index (κ1) is 20.1. The fraction of sp³-hybridized carbons (Fsp3) is 0.333. The molecule has 9 heteroatoms. The molecule has 0 radical (unpaired) electrons. The van der Waals surface area contributed by atoms with Crippen LogP contribution in [0.1, 0.15) is 36.0 Å². The number of hydrogen-bond donors (Lipinski definition) is 4. The summed E-state index contributed by atoms with van der Waals surface area (Å²) in [6.07, 6.45) is 3.73. The number of amides is 1. The van der Waals surface area contributed by atoms with Crippen molar-refractivity contribution < 1.29 is 13.6 Å². The topological polar surface area (TPSA) is 111 Å². The number of aromatic nitrogens is 2. The molecule has 158 valence electrons. The predicted octanol–water partition coefficient (Wildman–Crippen LogP) is 3.38. The Morgan fingerprint density at radius 2 is 1.93 bits per heavy atom. The van der Waals surface area contributed by atoms with E-state index in [1.807, 2.05) is 0 Å². The summed E-state index contributed by atoms with van der Waals surface area (Å²) in [5, 5.41) is 6.76. The Morgan fingerprint density at radius 1 is 1.17 bits per heavy atom. The Labute approximate surface area is 172 Å². The molecule has 6 N–H and O–H groups in total. The van der Waals surface area contributed by atoms with E-state index in [1.54, 1.807) is 25.2 Å². The maximum Gasteiger partial charge on any atom is 0.252 e. The highest BCUT2D eigenvalue weighted by Gasteiger charge is 2.24. The fourth-order valence-corrected chi connectivity index (χ4v) is 3.92. The number of halogens is 2. The third kappa shape index (κ3) is 3.80. The average Bonchev–Trinajstić information content (AvgIpc) is 2.99. The zero-order valence-corrected chi connectivity index (χ0v) is 16.6. The van der Waals surface area contributed by atoms with Gasteiger partial charge in [-0.15, -0.1) is 0 Å². The first-order valence-corrected chi connectivity index (χ1v) is 9.88. The normalized spacial score (nSPS) is 19.1. The molecule has 1 saturated carbocycles. The number of rotatable bonds is 5. The molecule has 30 heavy (non-hydrogen) atoms. The van der Waals surface area contributed by atoms with Crippen molar-refractivity contribution in [3.8, 4) is 0 Å². The van der Waals surface area contributed by atoms with Gasteiger partial charge in [0.1, 0.15) is 5.82 Å². The minimum absolute atomic E-state index is 0.0108. The van der Waals surface area contributed by atoms with Crippen LogP contribution in [0.5, 0.6) is 0 Å². The van der Waals surface area contributed by atoms with E-state index in [-0.39, 0.29) is 35.2 Å². The number of nitrogens with zero attached hydrogens (tertiary/aromatic N) is 2. The average molecular weight is 414 g/mol. The highest BCUT2D eigenvalue weighted by Crippen LogP contribution is 2.28. The summed E-state index contributed by atoms with van der Waals surface area (Å²) in [5.74, 6) is -1.72. The van der Waals surface area contributed by atoms with Crippen LogP contribution in [0.4, 0.5) is 26.1 Å². The maximum atomic E-state index is 14.6. The number of hydrogen-bond acceptors (Lipinski definition) is 5.